The van der Waals surface area contributed by atoms with Crippen molar-refractivity contribution in [3.8, 4) is 5.75 Å². The quantitative estimate of drug-likeness (QED) is 0.812. The molecule has 1 saturated heterocycles. The predicted molar refractivity (Wildman–Crippen MR) is 83.3 cm³/mol. The lowest BCUT2D eigenvalue weighted by atomic mass is 9.75. The highest BCUT2D eigenvalue weighted by atomic mass is 16.5. The van der Waals surface area contributed by atoms with E-state index in [1.165, 1.54) is 0 Å². The highest BCUT2D eigenvalue weighted by Gasteiger charge is 2.59. The number of carbonyl (C=O) groups is 2. The number of ether oxygens (including phenoxy) is 2. The molecule has 1 amide bonds. The molecule has 6 nitrogen and oxygen atoms in total. The summed E-state index contributed by atoms with van der Waals surface area (Å²) in [4.78, 5) is 24.1. The molecule has 2 aliphatic rings. The Kier molecular flexibility index (Phi) is 3.85. The van der Waals surface area contributed by atoms with Crippen LogP contribution in [-0.4, -0.2) is 35.3 Å². The van der Waals surface area contributed by atoms with E-state index < -0.39 is 29.5 Å². The lowest BCUT2D eigenvalue weighted by molar-refractivity contribution is -0.146. The Morgan fingerprint density at radius 3 is 2.65 bits per heavy atom. The summed E-state index contributed by atoms with van der Waals surface area (Å²) < 4.78 is 11.0. The second-order valence-corrected chi connectivity index (χ2v) is 5.91. The average Bonchev–Trinajstić information content (AvgIpc) is 3.02. The Labute approximate surface area is 134 Å². The molecule has 2 heterocycles. The van der Waals surface area contributed by atoms with Gasteiger partial charge in [0.25, 0.3) is 0 Å². The minimum atomic E-state index is -1.02. The fourth-order valence-electron chi connectivity index (χ4n) is 3.30. The highest BCUT2D eigenvalue weighted by Crippen LogP contribution is 2.47. The molecule has 0 aromatic heterocycles. The van der Waals surface area contributed by atoms with Gasteiger partial charge in [0, 0.05) is 5.69 Å². The number of carboxylic acid groups (broad SMARTS) is 1. The van der Waals surface area contributed by atoms with E-state index >= 15 is 0 Å². The largest absolute Gasteiger partial charge is 0.494 e. The number of fused-ring (bicyclic) bond motifs is 2. The number of benzene rings is 1. The molecule has 4 atom stereocenters. The highest BCUT2D eigenvalue weighted by molar-refractivity contribution is 5.97. The number of hydrogen-bond donors (Lipinski definition) is 2. The van der Waals surface area contributed by atoms with Crippen LogP contribution < -0.4 is 10.1 Å². The third kappa shape index (κ3) is 2.70. The molecule has 2 bridgehead atoms. The number of rotatable bonds is 5. The summed E-state index contributed by atoms with van der Waals surface area (Å²) >= 11 is 0. The molecule has 0 aliphatic carbocycles. The summed E-state index contributed by atoms with van der Waals surface area (Å²) in [5.41, 5.74) is -0.277. The number of amides is 1. The zero-order chi connectivity index (χ0) is 16.6. The lowest BCUT2D eigenvalue weighted by Crippen LogP contribution is -2.44. The van der Waals surface area contributed by atoms with E-state index in [9.17, 15) is 14.7 Å². The number of carbonyl (C=O) groups excluding carboxylic acids is 1. The molecule has 1 aromatic rings. The SMILES string of the molecule is CCOc1ccc(NC(=O)[C@H]2[C@H](C(=O)O)[C@H]3C=C[C@@]2(C)O3)cc1. The normalized spacial score (nSPS) is 31.1. The molecule has 3 rings (SSSR count). The van der Waals surface area contributed by atoms with Crippen LogP contribution in [0, 0.1) is 11.8 Å². The molecule has 0 unspecified atom stereocenters. The second kappa shape index (κ2) is 5.70. The van der Waals surface area contributed by atoms with Gasteiger partial charge in [-0.15, -0.1) is 0 Å². The molecule has 6 heteroatoms. The van der Waals surface area contributed by atoms with Gasteiger partial charge in [-0.1, -0.05) is 12.2 Å². The zero-order valence-electron chi connectivity index (χ0n) is 13.0. The van der Waals surface area contributed by atoms with Gasteiger partial charge in [-0.25, -0.2) is 0 Å². The predicted octanol–water partition coefficient (Wildman–Crippen LogP) is 2.07. The van der Waals surface area contributed by atoms with Crippen LogP contribution in [0.3, 0.4) is 0 Å². The molecule has 1 fully saturated rings. The van der Waals surface area contributed by atoms with Crippen molar-refractivity contribution >= 4 is 17.6 Å². The maximum Gasteiger partial charge on any atom is 0.310 e. The van der Waals surface area contributed by atoms with Crippen LogP contribution >= 0.6 is 0 Å². The van der Waals surface area contributed by atoms with Crippen LogP contribution in [0.4, 0.5) is 5.69 Å². The van der Waals surface area contributed by atoms with Crippen molar-refractivity contribution in [2.45, 2.75) is 25.6 Å². The smallest absolute Gasteiger partial charge is 0.310 e. The minimum absolute atomic E-state index is 0.351. The maximum atomic E-state index is 12.6. The van der Waals surface area contributed by atoms with Gasteiger partial charge >= 0.3 is 5.97 Å². The fraction of sp³-hybridized carbons (Fsp3) is 0.412. The van der Waals surface area contributed by atoms with Crippen LogP contribution in [0.5, 0.6) is 5.75 Å². The molecular formula is C17H19NO5. The first-order valence-electron chi connectivity index (χ1n) is 7.58. The molecule has 23 heavy (non-hydrogen) atoms. The number of nitrogens with one attached hydrogen (secondary N) is 1. The molecule has 2 N–H and O–H groups in total. The van der Waals surface area contributed by atoms with E-state index in [0.29, 0.717) is 18.0 Å². The summed E-state index contributed by atoms with van der Waals surface area (Å²) in [6.07, 6.45) is 2.95. The van der Waals surface area contributed by atoms with Crippen molar-refractivity contribution < 1.29 is 24.2 Å². The first kappa shape index (κ1) is 15.6. The Morgan fingerprint density at radius 2 is 2.04 bits per heavy atom. The summed E-state index contributed by atoms with van der Waals surface area (Å²) in [6, 6.07) is 6.97. The molecule has 0 radical (unpaired) electrons. The Hall–Kier alpha value is -2.34. The number of anilines is 1. The zero-order valence-corrected chi connectivity index (χ0v) is 13.0. The third-order valence-electron chi connectivity index (χ3n) is 4.34. The fourth-order valence-corrected chi connectivity index (χ4v) is 3.30. The van der Waals surface area contributed by atoms with E-state index in [0.717, 1.165) is 0 Å². The minimum Gasteiger partial charge on any atom is -0.494 e. The van der Waals surface area contributed by atoms with Gasteiger partial charge in [-0.05, 0) is 38.1 Å². The molecule has 122 valence electrons. The van der Waals surface area contributed by atoms with Crippen LogP contribution in [0.1, 0.15) is 13.8 Å². The van der Waals surface area contributed by atoms with Crippen LogP contribution in [0.25, 0.3) is 0 Å². The number of carboxylic acids is 1. The number of hydrogen-bond acceptors (Lipinski definition) is 4. The van der Waals surface area contributed by atoms with Crippen LogP contribution in [0.2, 0.25) is 0 Å². The van der Waals surface area contributed by atoms with Crippen molar-refractivity contribution in [3.63, 3.8) is 0 Å². The molecule has 0 saturated carbocycles. The summed E-state index contributed by atoms with van der Waals surface area (Å²) in [5, 5.41) is 12.2. The summed E-state index contributed by atoms with van der Waals surface area (Å²) in [7, 11) is 0. The van der Waals surface area contributed by atoms with Gasteiger partial charge in [-0.2, -0.15) is 0 Å². The Morgan fingerprint density at radius 1 is 1.35 bits per heavy atom. The third-order valence-corrected chi connectivity index (χ3v) is 4.34. The van der Waals surface area contributed by atoms with Crippen molar-refractivity contribution in [2.24, 2.45) is 11.8 Å². The molecule has 2 aliphatic heterocycles. The average molecular weight is 317 g/mol. The van der Waals surface area contributed by atoms with E-state index in [1.54, 1.807) is 43.3 Å². The lowest BCUT2D eigenvalue weighted by Gasteiger charge is -2.27. The number of aliphatic carboxylic acids is 1. The van der Waals surface area contributed by atoms with Crippen LogP contribution in [-0.2, 0) is 14.3 Å². The monoisotopic (exact) mass is 317 g/mol. The summed E-state index contributed by atoms with van der Waals surface area (Å²) in [6.45, 7) is 4.21. The second-order valence-electron chi connectivity index (χ2n) is 5.91. The van der Waals surface area contributed by atoms with Gasteiger partial charge in [0.05, 0.1) is 24.2 Å². The van der Waals surface area contributed by atoms with E-state index in [-0.39, 0.29) is 5.91 Å². The van der Waals surface area contributed by atoms with Gasteiger partial charge in [0.1, 0.15) is 11.7 Å². The van der Waals surface area contributed by atoms with Gasteiger partial charge in [-0.3, -0.25) is 9.59 Å². The van der Waals surface area contributed by atoms with Crippen LogP contribution in [0.15, 0.2) is 36.4 Å². The maximum absolute atomic E-state index is 12.6. The Balaban J connectivity index is 1.77. The molecular weight excluding hydrogens is 298 g/mol. The van der Waals surface area contributed by atoms with Crippen molar-refractivity contribution in [1.82, 2.24) is 0 Å². The van der Waals surface area contributed by atoms with E-state index in [2.05, 4.69) is 5.32 Å². The van der Waals surface area contributed by atoms with Crippen molar-refractivity contribution in [1.29, 1.82) is 0 Å². The molecule has 1 aromatic carbocycles. The topological polar surface area (TPSA) is 84.9 Å². The standard InChI is InChI=1S/C17H19NO5/c1-3-22-11-6-4-10(5-7-11)18-15(19)14-13(16(20)21)12-8-9-17(14,2)23-12/h4-9,12-14H,3H2,1-2H3,(H,18,19)(H,20,21)/t12-,13-,14-,17-/m1/s1. The van der Waals surface area contributed by atoms with E-state index in [4.69, 9.17) is 9.47 Å². The van der Waals surface area contributed by atoms with Gasteiger partial charge in [0.15, 0.2) is 0 Å². The molecule has 0 spiro atoms. The van der Waals surface area contributed by atoms with Crippen molar-refractivity contribution in [2.75, 3.05) is 11.9 Å². The van der Waals surface area contributed by atoms with Gasteiger partial charge < -0.3 is 19.9 Å². The first-order chi connectivity index (χ1) is 10.9. The van der Waals surface area contributed by atoms with E-state index in [1.807, 2.05) is 6.92 Å². The summed E-state index contributed by atoms with van der Waals surface area (Å²) in [5.74, 6) is -2.29. The van der Waals surface area contributed by atoms with Crippen molar-refractivity contribution in [3.05, 3.63) is 36.4 Å². The van der Waals surface area contributed by atoms with Gasteiger partial charge in [0.2, 0.25) is 5.91 Å². The Bertz CT molecular complexity index is 653. The first-order valence-corrected chi connectivity index (χ1v) is 7.58.